The van der Waals surface area contributed by atoms with Crippen LogP contribution in [-0.2, 0) is 27.7 Å². The summed E-state index contributed by atoms with van der Waals surface area (Å²) < 4.78 is 28.5. The molecule has 0 aliphatic carbocycles. The Balaban J connectivity index is 1.90. The van der Waals surface area contributed by atoms with E-state index in [1.165, 1.54) is 9.87 Å². The summed E-state index contributed by atoms with van der Waals surface area (Å²) >= 11 is 0. The Bertz CT molecular complexity index is 1190. The minimum absolute atomic E-state index is 0.162. The second-order valence-corrected chi connectivity index (χ2v) is 10.1. The molecule has 0 radical (unpaired) electrons. The third-order valence-electron chi connectivity index (χ3n) is 5.80. The number of amides is 1. The number of nitrogens with zero attached hydrogens (tertiary/aromatic N) is 1. The third kappa shape index (κ3) is 5.82. The fraction of sp³-hybridized carbons (Fsp3) is 0.296. The highest BCUT2D eigenvalue weighted by Crippen LogP contribution is 2.28. The summed E-state index contributed by atoms with van der Waals surface area (Å²) in [4.78, 5) is 13.2. The molecular formula is C27H32N2O3S. The van der Waals surface area contributed by atoms with Gasteiger partial charge >= 0.3 is 0 Å². The number of aryl methyl sites for hydroxylation is 3. The van der Waals surface area contributed by atoms with Crippen molar-refractivity contribution in [1.29, 1.82) is 0 Å². The fourth-order valence-electron chi connectivity index (χ4n) is 3.73. The highest BCUT2D eigenvalue weighted by molar-refractivity contribution is 7.92. The third-order valence-corrected chi connectivity index (χ3v) is 7.58. The van der Waals surface area contributed by atoms with Crippen molar-refractivity contribution in [2.45, 2.75) is 51.5 Å². The van der Waals surface area contributed by atoms with Crippen molar-refractivity contribution in [3.8, 4) is 0 Å². The lowest BCUT2D eigenvalue weighted by Gasteiger charge is -2.27. The lowest BCUT2D eigenvalue weighted by Crippen LogP contribution is -2.42. The second kappa shape index (κ2) is 10.7. The molecule has 0 aliphatic rings. The Morgan fingerprint density at radius 2 is 1.55 bits per heavy atom. The number of nitrogens with one attached hydrogen (secondary N) is 1. The van der Waals surface area contributed by atoms with E-state index in [-0.39, 0.29) is 23.4 Å². The number of carbonyl (C=O) groups excluding carboxylic acids is 1. The van der Waals surface area contributed by atoms with Gasteiger partial charge in [0.15, 0.2) is 0 Å². The summed E-state index contributed by atoms with van der Waals surface area (Å²) in [6.07, 6.45) is 1.60. The van der Waals surface area contributed by atoms with Crippen LogP contribution in [0.1, 0.15) is 49.1 Å². The predicted octanol–water partition coefficient (Wildman–Crippen LogP) is 5.19. The summed E-state index contributed by atoms with van der Waals surface area (Å²) in [5.74, 6) is -0.358. The first-order chi connectivity index (χ1) is 15.8. The summed E-state index contributed by atoms with van der Waals surface area (Å²) in [6.45, 7) is 7.57. The molecule has 0 bridgehead atoms. The number of sulfonamides is 1. The van der Waals surface area contributed by atoms with Crippen molar-refractivity contribution < 1.29 is 13.2 Å². The van der Waals surface area contributed by atoms with E-state index in [9.17, 15) is 13.2 Å². The van der Waals surface area contributed by atoms with Crippen LogP contribution in [0.4, 0.5) is 5.69 Å². The van der Waals surface area contributed by atoms with Gasteiger partial charge in [0.1, 0.15) is 6.54 Å². The first-order valence-corrected chi connectivity index (χ1v) is 12.8. The van der Waals surface area contributed by atoms with Crippen molar-refractivity contribution in [3.63, 3.8) is 0 Å². The number of hydrogen-bond acceptors (Lipinski definition) is 3. The molecule has 1 amide bonds. The SMILES string of the molecule is CCc1ccc([C@H](C)NC(=O)CN(c2ccccc2CC)S(=O)(=O)c2ccc(C)cc2)cc1. The maximum atomic E-state index is 13.6. The number of para-hydroxylation sites is 1. The summed E-state index contributed by atoms with van der Waals surface area (Å²) in [6, 6.07) is 21.9. The lowest BCUT2D eigenvalue weighted by molar-refractivity contribution is -0.120. The van der Waals surface area contributed by atoms with Crippen molar-refractivity contribution in [1.82, 2.24) is 5.32 Å². The van der Waals surface area contributed by atoms with Crippen LogP contribution in [0.5, 0.6) is 0 Å². The van der Waals surface area contributed by atoms with Crippen LogP contribution in [0, 0.1) is 6.92 Å². The number of benzene rings is 3. The van der Waals surface area contributed by atoms with Crippen molar-refractivity contribution in [2.24, 2.45) is 0 Å². The van der Waals surface area contributed by atoms with E-state index in [1.807, 2.05) is 57.2 Å². The van der Waals surface area contributed by atoms with Crippen LogP contribution in [0.15, 0.2) is 77.7 Å². The highest BCUT2D eigenvalue weighted by Gasteiger charge is 2.29. The molecule has 174 valence electrons. The highest BCUT2D eigenvalue weighted by atomic mass is 32.2. The smallest absolute Gasteiger partial charge is 0.264 e. The molecule has 33 heavy (non-hydrogen) atoms. The van der Waals surface area contributed by atoms with Crippen LogP contribution in [0.25, 0.3) is 0 Å². The second-order valence-electron chi connectivity index (χ2n) is 8.19. The fourth-order valence-corrected chi connectivity index (χ4v) is 5.19. The minimum Gasteiger partial charge on any atom is -0.348 e. The molecule has 0 fully saturated rings. The molecule has 1 N–H and O–H groups in total. The molecule has 1 atom stereocenters. The van der Waals surface area contributed by atoms with Crippen LogP contribution < -0.4 is 9.62 Å². The molecule has 3 rings (SSSR count). The normalized spacial score (nSPS) is 12.2. The average Bonchev–Trinajstić information content (AvgIpc) is 2.82. The topological polar surface area (TPSA) is 66.5 Å². The van der Waals surface area contributed by atoms with E-state index in [2.05, 4.69) is 12.2 Å². The van der Waals surface area contributed by atoms with Crippen LogP contribution >= 0.6 is 0 Å². The zero-order valence-corrected chi connectivity index (χ0v) is 20.5. The van der Waals surface area contributed by atoms with Gasteiger partial charge in [-0.2, -0.15) is 0 Å². The predicted molar refractivity (Wildman–Crippen MR) is 134 cm³/mol. The van der Waals surface area contributed by atoms with E-state index in [1.54, 1.807) is 36.4 Å². The standard InChI is InChI=1S/C27H32N2O3S/c1-5-22-13-15-24(16-14-22)21(4)28-27(30)19-29(26-10-8-7-9-23(26)6-2)33(31,32)25-17-11-20(3)12-18-25/h7-18,21H,5-6,19H2,1-4H3,(H,28,30)/t21-/m0/s1. The molecule has 0 saturated carbocycles. The first kappa shape index (κ1) is 24.5. The molecule has 3 aromatic carbocycles. The molecule has 0 saturated heterocycles. The van der Waals surface area contributed by atoms with Crippen molar-refractivity contribution >= 4 is 21.6 Å². The van der Waals surface area contributed by atoms with Crippen molar-refractivity contribution in [2.75, 3.05) is 10.8 Å². The number of carbonyl (C=O) groups is 1. The van der Waals surface area contributed by atoms with Gasteiger partial charge in [-0.15, -0.1) is 0 Å². The number of anilines is 1. The molecule has 0 unspecified atom stereocenters. The number of rotatable bonds is 9. The van der Waals surface area contributed by atoms with Crippen LogP contribution in [-0.4, -0.2) is 20.9 Å². The summed E-state index contributed by atoms with van der Waals surface area (Å²) in [7, 11) is -3.94. The maximum Gasteiger partial charge on any atom is 0.264 e. The lowest BCUT2D eigenvalue weighted by atomic mass is 10.1. The Kier molecular flexibility index (Phi) is 7.92. The summed E-state index contributed by atoms with van der Waals surface area (Å²) in [5, 5.41) is 2.96. The average molecular weight is 465 g/mol. The van der Waals surface area contributed by atoms with Crippen LogP contribution in [0.2, 0.25) is 0 Å². The van der Waals surface area contributed by atoms with Gasteiger partial charge in [-0.1, -0.05) is 74.0 Å². The molecule has 0 aliphatic heterocycles. The first-order valence-electron chi connectivity index (χ1n) is 11.3. The Morgan fingerprint density at radius 1 is 0.909 bits per heavy atom. The van der Waals surface area contributed by atoms with E-state index in [0.29, 0.717) is 12.1 Å². The van der Waals surface area contributed by atoms with Gasteiger partial charge in [-0.05, 0) is 61.6 Å². The van der Waals surface area contributed by atoms with Gasteiger partial charge in [-0.25, -0.2) is 8.42 Å². The molecule has 0 heterocycles. The Hall–Kier alpha value is -3.12. The Morgan fingerprint density at radius 3 is 2.15 bits per heavy atom. The zero-order valence-electron chi connectivity index (χ0n) is 19.7. The van der Waals surface area contributed by atoms with E-state index in [0.717, 1.165) is 23.1 Å². The van der Waals surface area contributed by atoms with E-state index < -0.39 is 10.0 Å². The number of hydrogen-bond donors (Lipinski definition) is 1. The van der Waals surface area contributed by atoms with Gasteiger partial charge in [0.05, 0.1) is 16.6 Å². The van der Waals surface area contributed by atoms with Gasteiger partial charge in [-0.3, -0.25) is 9.10 Å². The quantitative estimate of drug-likeness (QED) is 0.474. The molecule has 3 aromatic rings. The monoisotopic (exact) mass is 464 g/mol. The van der Waals surface area contributed by atoms with Crippen LogP contribution in [0.3, 0.4) is 0 Å². The van der Waals surface area contributed by atoms with E-state index in [4.69, 9.17) is 0 Å². The Labute approximate surface area is 197 Å². The molecule has 6 heteroatoms. The molecule has 0 spiro atoms. The van der Waals surface area contributed by atoms with Gasteiger partial charge < -0.3 is 5.32 Å². The maximum absolute atomic E-state index is 13.6. The van der Waals surface area contributed by atoms with Crippen molar-refractivity contribution in [3.05, 3.63) is 95.1 Å². The molecule has 0 aromatic heterocycles. The largest absolute Gasteiger partial charge is 0.348 e. The van der Waals surface area contributed by atoms with Gasteiger partial charge in [0, 0.05) is 0 Å². The minimum atomic E-state index is -3.94. The molecular weight excluding hydrogens is 432 g/mol. The summed E-state index contributed by atoms with van der Waals surface area (Å²) in [5.41, 5.74) is 4.56. The zero-order chi connectivity index (χ0) is 24.0. The van der Waals surface area contributed by atoms with Gasteiger partial charge in [0.2, 0.25) is 5.91 Å². The van der Waals surface area contributed by atoms with E-state index >= 15 is 0 Å². The molecule has 5 nitrogen and oxygen atoms in total. The van der Waals surface area contributed by atoms with Gasteiger partial charge in [0.25, 0.3) is 10.0 Å².